The molecule has 0 spiro atoms. The van der Waals surface area contributed by atoms with Gasteiger partial charge < -0.3 is 21.1 Å². The maximum atomic E-state index is 12.5. The molecule has 0 atom stereocenters. The number of alkyl halides is 6. The fraction of sp³-hybridized carbons (Fsp3) is 0.267. The Morgan fingerprint density at radius 3 is 2.31 bits per heavy atom. The van der Waals surface area contributed by atoms with Crippen LogP contribution >= 0.6 is 24.0 Å². The summed E-state index contributed by atoms with van der Waals surface area (Å²) >= 11 is 0. The molecule has 160 valence electrons. The van der Waals surface area contributed by atoms with Gasteiger partial charge in [-0.25, -0.2) is 9.97 Å². The van der Waals surface area contributed by atoms with Gasteiger partial charge in [0.1, 0.15) is 11.4 Å². The first-order valence-corrected chi connectivity index (χ1v) is 7.60. The van der Waals surface area contributed by atoms with E-state index >= 15 is 0 Å². The van der Waals surface area contributed by atoms with E-state index in [4.69, 9.17) is 5.73 Å². The summed E-state index contributed by atoms with van der Waals surface area (Å²) in [6.45, 7) is 0.176. The van der Waals surface area contributed by atoms with E-state index in [1.54, 1.807) is 0 Å². The van der Waals surface area contributed by atoms with Crippen molar-refractivity contribution in [1.82, 2.24) is 9.97 Å². The maximum absolute atomic E-state index is 12.5. The summed E-state index contributed by atoms with van der Waals surface area (Å²) < 4.78 is 77.6. The van der Waals surface area contributed by atoms with Crippen LogP contribution in [0.5, 0.6) is 5.75 Å². The number of ether oxygens (including phenoxy) is 1. The number of halogens is 7. The van der Waals surface area contributed by atoms with E-state index < -0.39 is 18.2 Å². The van der Waals surface area contributed by atoms with E-state index in [1.165, 1.54) is 12.1 Å². The first-order valence-electron chi connectivity index (χ1n) is 7.60. The lowest BCUT2D eigenvalue weighted by Crippen LogP contribution is -2.24. The highest BCUT2D eigenvalue weighted by Crippen LogP contribution is 2.27. The number of aliphatic imine (C=N–C) groups is 1. The zero-order valence-corrected chi connectivity index (χ0v) is 16.7. The summed E-state index contributed by atoms with van der Waals surface area (Å²) in [5, 5.41) is 5.21. The third-order valence-corrected chi connectivity index (χ3v) is 2.98. The molecule has 0 radical (unpaired) electrons. The summed E-state index contributed by atoms with van der Waals surface area (Å²) in [6.07, 6.45) is -8.39. The molecule has 4 N–H and O–H groups in total. The second-order valence-electron chi connectivity index (χ2n) is 5.15. The summed E-state index contributed by atoms with van der Waals surface area (Å²) in [5.41, 5.74) is 4.92. The number of benzene rings is 1. The second kappa shape index (κ2) is 10.3. The Bertz CT molecular complexity index is 812. The summed E-state index contributed by atoms with van der Waals surface area (Å²) in [6, 6.07) is 5.54. The Labute approximate surface area is 177 Å². The van der Waals surface area contributed by atoms with Gasteiger partial charge in [0.2, 0.25) is 5.95 Å². The van der Waals surface area contributed by atoms with Crippen molar-refractivity contribution in [2.75, 3.05) is 23.7 Å². The monoisotopic (exact) mass is 536 g/mol. The van der Waals surface area contributed by atoms with Crippen LogP contribution < -0.4 is 21.1 Å². The SMILES string of the molecule is I.NC(=NCCNc1nccc(C(F)(F)F)n1)Nc1ccc(OC(F)(F)F)cc1. The van der Waals surface area contributed by atoms with Gasteiger partial charge in [-0.2, -0.15) is 13.2 Å². The minimum absolute atomic E-state index is 0. The zero-order valence-electron chi connectivity index (χ0n) is 14.4. The third-order valence-electron chi connectivity index (χ3n) is 2.98. The summed E-state index contributed by atoms with van der Waals surface area (Å²) in [4.78, 5) is 10.9. The highest BCUT2D eigenvalue weighted by molar-refractivity contribution is 14.0. The molecule has 2 aromatic rings. The largest absolute Gasteiger partial charge is 0.573 e. The van der Waals surface area contributed by atoms with Crippen LogP contribution in [-0.2, 0) is 6.18 Å². The predicted octanol–water partition coefficient (Wildman–Crippen LogP) is 3.85. The van der Waals surface area contributed by atoms with Gasteiger partial charge >= 0.3 is 12.5 Å². The van der Waals surface area contributed by atoms with Crippen LogP contribution in [0.1, 0.15) is 5.69 Å². The number of nitrogens with two attached hydrogens (primary N) is 1. The molecule has 0 bridgehead atoms. The van der Waals surface area contributed by atoms with E-state index in [0.717, 1.165) is 24.4 Å². The van der Waals surface area contributed by atoms with Crippen LogP contribution in [0.2, 0.25) is 0 Å². The van der Waals surface area contributed by atoms with E-state index in [9.17, 15) is 26.3 Å². The predicted molar refractivity (Wildman–Crippen MR) is 104 cm³/mol. The number of nitrogens with one attached hydrogen (secondary N) is 2. The van der Waals surface area contributed by atoms with Crippen LogP contribution in [-0.4, -0.2) is 35.4 Å². The second-order valence-corrected chi connectivity index (χ2v) is 5.15. The van der Waals surface area contributed by atoms with Crippen molar-refractivity contribution in [3.63, 3.8) is 0 Å². The number of hydrogen-bond acceptors (Lipinski definition) is 5. The Morgan fingerprint density at radius 2 is 1.72 bits per heavy atom. The molecule has 0 fully saturated rings. The lowest BCUT2D eigenvalue weighted by Gasteiger charge is -2.10. The minimum atomic E-state index is -4.79. The normalized spacial score (nSPS) is 12.1. The van der Waals surface area contributed by atoms with Gasteiger partial charge in [-0.1, -0.05) is 0 Å². The molecule has 1 aromatic carbocycles. The van der Waals surface area contributed by atoms with Crippen LogP contribution in [0.25, 0.3) is 0 Å². The van der Waals surface area contributed by atoms with Gasteiger partial charge in [-0.3, -0.25) is 4.99 Å². The number of nitrogens with zero attached hydrogens (tertiary/aromatic N) is 3. The molecule has 0 saturated heterocycles. The van der Waals surface area contributed by atoms with Crippen molar-refractivity contribution in [2.45, 2.75) is 12.5 Å². The van der Waals surface area contributed by atoms with Gasteiger partial charge in [-0.15, -0.1) is 37.1 Å². The average molecular weight is 536 g/mol. The van der Waals surface area contributed by atoms with Crippen molar-refractivity contribution in [2.24, 2.45) is 10.7 Å². The Kier molecular flexibility index (Phi) is 8.72. The van der Waals surface area contributed by atoms with Crippen LogP contribution in [0.4, 0.5) is 38.0 Å². The number of guanidine groups is 1. The molecule has 1 heterocycles. The van der Waals surface area contributed by atoms with Crippen LogP contribution in [0.3, 0.4) is 0 Å². The van der Waals surface area contributed by atoms with Crippen molar-refractivity contribution < 1.29 is 31.1 Å². The maximum Gasteiger partial charge on any atom is 0.573 e. The molecule has 0 aliphatic rings. The molecule has 14 heteroatoms. The van der Waals surface area contributed by atoms with E-state index in [0.29, 0.717) is 5.69 Å². The molecular formula is C15H15F6IN6O. The average Bonchev–Trinajstić information content (AvgIpc) is 2.59. The molecule has 0 aliphatic carbocycles. The molecule has 2 rings (SSSR count). The van der Waals surface area contributed by atoms with E-state index in [2.05, 4.69) is 30.3 Å². The van der Waals surface area contributed by atoms with Gasteiger partial charge in [0.15, 0.2) is 5.96 Å². The zero-order chi connectivity index (χ0) is 20.8. The molecule has 0 unspecified atom stereocenters. The molecule has 29 heavy (non-hydrogen) atoms. The Hall–Kier alpha value is -2.52. The fourth-order valence-electron chi connectivity index (χ4n) is 1.87. The van der Waals surface area contributed by atoms with Crippen LogP contribution in [0.15, 0.2) is 41.5 Å². The highest BCUT2D eigenvalue weighted by Gasteiger charge is 2.32. The minimum Gasteiger partial charge on any atom is -0.406 e. The van der Waals surface area contributed by atoms with E-state index in [-0.39, 0.29) is 54.7 Å². The fourth-order valence-corrected chi connectivity index (χ4v) is 1.87. The lowest BCUT2D eigenvalue weighted by molar-refractivity contribution is -0.274. The Balaban J connectivity index is 0.00000420. The van der Waals surface area contributed by atoms with Gasteiger partial charge in [0.05, 0.1) is 6.54 Å². The van der Waals surface area contributed by atoms with Crippen molar-refractivity contribution in [3.8, 4) is 5.75 Å². The van der Waals surface area contributed by atoms with Gasteiger partial charge in [0, 0.05) is 18.4 Å². The molecule has 0 saturated carbocycles. The molecule has 1 aromatic heterocycles. The van der Waals surface area contributed by atoms with E-state index in [1.807, 2.05) is 0 Å². The quantitative estimate of drug-likeness (QED) is 0.171. The van der Waals surface area contributed by atoms with Gasteiger partial charge in [0.25, 0.3) is 0 Å². The smallest absolute Gasteiger partial charge is 0.406 e. The van der Waals surface area contributed by atoms with Crippen molar-refractivity contribution >= 4 is 41.6 Å². The topological polar surface area (TPSA) is 97.5 Å². The van der Waals surface area contributed by atoms with Gasteiger partial charge in [-0.05, 0) is 30.3 Å². The molecule has 7 nitrogen and oxygen atoms in total. The lowest BCUT2D eigenvalue weighted by atomic mass is 10.3. The molecule has 0 amide bonds. The number of hydrogen-bond donors (Lipinski definition) is 3. The van der Waals surface area contributed by atoms with Crippen molar-refractivity contribution in [3.05, 3.63) is 42.2 Å². The van der Waals surface area contributed by atoms with Crippen LogP contribution in [0, 0.1) is 0 Å². The Morgan fingerprint density at radius 1 is 1.07 bits per heavy atom. The summed E-state index contributed by atoms with van der Waals surface area (Å²) in [7, 11) is 0. The number of rotatable bonds is 6. The first kappa shape index (κ1) is 24.5. The standard InChI is InChI=1S/C15H14F6N6O.HI/c16-14(17,18)11-5-6-24-13(27-11)25-8-7-23-12(22)26-9-1-3-10(4-2-9)28-15(19,20)21;/h1-6H,7-8H2,(H3,22,23,26)(H,24,25,27);1H. The highest BCUT2D eigenvalue weighted by atomic mass is 127. The molecule has 0 aliphatic heterocycles. The number of aromatic nitrogens is 2. The third kappa shape index (κ3) is 9.01. The summed E-state index contributed by atoms with van der Waals surface area (Å²) in [5.74, 6) is -0.646. The molecular weight excluding hydrogens is 521 g/mol. The number of anilines is 2. The van der Waals surface area contributed by atoms with Crippen molar-refractivity contribution in [1.29, 1.82) is 0 Å². The first-order chi connectivity index (χ1) is 13.0.